The predicted octanol–water partition coefficient (Wildman–Crippen LogP) is 5.47. The zero-order valence-electron chi connectivity index (χ0n) is 10.8. The Balaban J connectivity index is 0.000000180. The summed E-state index contributed by atoms with van der Waals surface area (Å²) in [5.74, 6) is 1.22. The van der Waals surface area contributed by atoms with E-state index in [9.17, 15) is 0 Å². The standard InChI is InChI=1S/2C8H9Cl/c2*1-7-2-4-8(6-9)5-3-7/h2*2-5H,6H2,1H3. The molecular weight excluding hydrogens is 263 g/mol. The van der Waals surface area contributed by atoms with E-state index in [2.05, 4.69) is 38.1 Å². The molecular formula is C16H18Cl2. The molecule has 18 heavy (non-hydrogen) atoms. The molecule has 0 aromatic heterocycles. The van der Waals surface area contributed by atoms with Crippen molar-refractivity contribution in [1.82, 2.24) is 0 Å². The van der Waals surface area contributed by atoms with Crippen LogP contribution < -0.4 is 0 Å². The van der Waals surface area contributed by atoms with Crippen LogP contribution in [0.15, 0.2) is 48.5 Å². The van der Waals surface area contributed by atoms with Gasteiger partial charge >= 0.3 is 0 Å². The lowest BCUT2D eigenvalue weighted by Gasteiger charge is -1.93. The van der Waals surface area contributed by atoms with Crippen molar-refractivity contribution in [2.24, 2.45) is 0 Å². The van der Waals surface area contributed by atoms with Gasteiger partial charge in [-0.15, -0.1) is 23.2 Å². The van der Waals surface area contributed by atoms with E-state index in [1.54, 1.807) is 0 Å². The minimum atomic E-state index is 0.611. The van der Waals surface area contributed by atoms with Gasteiger partial charge in [0.1, 0.15) is 0 Å². The molecule has 0 aliphatic carbocycles. The van der Waals surface area contributed by atoms with Gasteiger partial charge in [0.15, 0.2) is 0 Å². The van der Waals surface area contributed by atoms with E-state index in [1.807, 2.05) is 24.3 Å². The number of benzene rings is 2. The van der Waals surface area contributed by atoms with Crippen molar-refractivity contribution >= 4 is 23.2 Å². The molecule has 0 unspecified atom stereocenters. The Morgan fingerprint density at radius 2 is 0.889 bits per heavy atom. The Bertz CT molecular complexity index is 398. The first-order valence-electron chi connectivity index (χ1n) is 5.88. The molecule has 0 fully saturated rings. The van der Waals surface area contributed by atoms with E-state index in [0.717, 1.165) is 0 Å². The molecule has 2 heteroatoms. The van der Waals surface area contributed by atoms with Gasteiger partial charge in [0.25, 0.3) is 0 Å². The smallest absolute Gasteiger partial charge is 0.0474 e. The van der Waals surface area contributed by atoms with E-state index >= 15 is 0 Å². The van der Waals surface area contributed by atoms with Crippen molar-refractivity contribution in [2.75, 3.05) is 0 Å². The first-order valence-corrected chi connectivity index (χ1v) is 6.95. The zero-order chi connectivity index (χ0) is 13.4. The van der Waals surface area contributed by atoms with Crippen LogP contribution in [-0.2, 0) is 11.8 Å². The molecule has 0 aliphatic rings. The minimum Gasteiger partial charge on any atom is -0.122 e. The van der Waals surface area contributed by atoms with Crippen LogP contribution in [0.1, 0.15) is 22.3 Å². The van der Waals surface area contributed by atoms with Gasteiger partial charge in [-0.1, -0.05) is 59.7 Å². The maximum Gasteiger partial charge on any atom is 0.0474 e. The van der Waals surface area contributed by atoms with Crippen molar-refractivity contribution in [1.29, 1.82) is 0 Å². The van der Waals surface area contributed by atoms with Gasteiger partial charge in [-0.3, -0.25) is 0 Å². The normalized spacial score (nSPS) is 9.56. The molecule has 0 nitrogen and oxygen atoms in total. The van der Waals surface area contributed by atoms with Crippen molar-refractivity contribution < 1.29 is 0 Å². The van der Waals surface area contributed by atoms with Gasteiger partial charge in [-0.25, -0.2) is 0 Å². The van der Waals surface area contributed by atoms with E-state index in [-0.39, 0.29) is 0 Å². The largest absolute Gasteiger partial charge is 0.122 e. The van der Waals surface area contributed by atoms with Crippen LogP contribution >= 0.6 is 23.2 Å². The summed E-state index contributed by atoms with van der Waals surface area (Å²) in [5.41, 5.74) is 4.93. The number of hydrogen-bond donors (Lipinski definition) is 0. The predicted molar refractivity (Wildman–Crippen MR) is 81.5 cm³/mol. The molecule has 2 aromatic carbocycles. The Labute approximate surface area is 120 Å². The Morgan fingerprint density at radius 3 is 1.11 bits per heavy atom. The number of hydrogen-bond acceptors (Lipinski definition) is 0. The van der Waals surface area contributed by atoms with E-state index < -0.39 is 0 Å². The van der Waals surface area contributed by atoms with Crippen LogP contribution in [0.3, 0.4) is 0 Å². The van der Waals surface area contributed by atoms with Gasteiger partial charge in [-0.05, 0) is 25.0 Å². The van der Waals surface area contributed by atoms with E-state index in [4.69, 9.17) is 23.2 Å². The summed E-state index contributed by atoms with van der Waals surface area (Å²) in [7, 11) is 0. The highest BCUT2D eigenvalue weighted by atomic mass is 35.5. The monoisotopic (exact) mass is 280 g/mol. The quantitative estimate of drug-likeness (QED) is 0.640. The van der Waals surface area contributed by atoms with Gasteiger partial charge in [0.2, 0.25) is 0 Å². The topological polar surface area (TPSA) is 0 Å². The van der Waals surface area contributed by atoms with Crippen molar-refractivity contribution in [3.05, 3.63) is 70.8 Å². The minimum absolute atomic E-state index is 0.611. The van der Waals surface area contributed by atoms with Crippen LogP contribution in [-0.4, -0.2) is 0 Å². The van der Waals surface area contributed by atoms with Gasteiger partial charge in [0, 0.05) is 11.8 Å². The van der Waals surface area contributed by atoms with E-state index in [1.165, 1.54) is 22.3 Å². The van der Waals surface area contributed by atoms with Gasteiger partial charge < -0.3 is 0 Å². The summed E-state index contributed by atoms with van der Waals surface area (Å²) >= 11 is 11.2. The SMILES string of the molecule is Cc1ccc(CCl)cc1.Cc1ccc(CCl)cc1. The number of rotatable bonds is 2. The van der Waals surface area contributed by atoms with Crippen molar-refractivity contribution in [2.45, 2.75) is 25.6 Å². The van der Waals surface area contributed by atoms with Crippen LogP contribution in [0.25, 0.3) is 0 Å². The molecule has 0 heterocycles. The Morgan fingerprint density at radius 1 is 0.611 bits per heavy atom. The van der Waals surface area contributed by atoms with Gasteiger partial charge in [-0.2, -0.15) is 0 Å². The summed E-state index contributed by atoms with van der Waals surface area (Å²) in [5, 5.41) is 0. The van der Waals surface area contributed by atoms with Crippen molar-refractivity contribution in [3.8, 4) is 0 Å². The maximum atomic E-state index is 5.58. The van der Waals surface area contributed by atoms with Crippen molar-refractivity contribution in [3.63, 3.8) is 0 Å². The second-order valence-electron chi connectivity index (χ2n) is 4.24. The first-order chi connectivity index (χ1) is 8.65. The highest BCUT2D eigenvalue weighted by molar-refractivity contribution is 6.17. The molecule has 0 atom stereocenters. The van der Waals surface area contributed by atoms with Crippen LogP contribution in [0.2, 0.25) is 0 Å². The molecule has 0 bridgehead atoms. The summed E-state index contributed by atoms with van der Waals surface area (Å²) in [6.45, 7) is 4.13. The molecule has 2 rings (SSSR count). The molecule has 2 aromatic rings. The fraction of sp³-hybridized carbons (Fsp3) is 0.250. The lowest BCUT2D eigenvalue weighted by Crippen LogP contribution is -1.75. The molecule has 0 radical (unpaired) electrons. The summed E-state index contributed by atoms with van der Waals surface area (Å²) < 4.78 is 0. The highest BCUT2D eigenvalue weighted by Gasteiger charge is 1.86. The third kappa shape index (κ3) is 5.57. The highest BCUT2D eigenvalue weighted by Crippen LogP contribution is 2.05. The summed E-state index contributed by atoms with van der Waals surface area (Å²) in [6.07, 6.45) is 0. The third-order valence-electron chi connectivity index (χ3n) is 2.55. The second-order valence-corrected chi connectivity index (χ2v) is 4.77. The fourth-order valence-electron chi connectivity index (χ4n) is 1.35. The first kappa shape index (κ1) is 15.1. The number of alkyl halides is 2. The summed E-state index contributed by atoms with van der Waals surface area (Å²) in [6, 6.07) is 16.4. The van der Waals surface area contributed by atoms with Crippen LogP contribution in [0, 0.1) is 13.8 Å². The van der Waals surface area contributed by atoms with Crippen LogP contribution in [0.5, 0.6) is 0 Å². The molecule has 0 aliphatic heterocycles. The van der Waals surface area contributed by atoms with E-state index in [0.29, 0.717) is 11.8 Å². The average Bonchev–Trinajstić information content (AvgIpc) is 2.41. The molecule has 0 spiro atoms. The lowest BCUT2D eigenvalue weighted by molar-refractivity contribution is 1.36. The third-order valence-corrected chi connectivity index (χ3v) is 3.17. The maximum absolute atomic E-state index is 5.58. The molecule has 0 saturated heterocycles. The number of aryl methyl sites for hydroxylation is 2. The summed E-state index contributed by atoms with van der Waals surface area (Å²) in [4.78, 5) is 0. The average molecular weight is 281 g/mol. The Hall–Kier alpha value is -0.980. The Kier molecular flexibility index (Phi) is 6.85. The molecule has 0 amide bonds. The molecule has 96 valence electrons. The lowest BCUT2D eigenvalue weighted by atomic mass is 10.2. The fourth-order valence-corrected chi connectivity index (χ4v) is 1.71. The number of halogens is 2. The molecule has 0 N–H and O–H groups in total. The second kappa shape index (κ2) is 8.18. The van der Waals surface area contributed by atoms with Gasteiger partial charge in [0.05, 0.1) is 0 Å². The molecule has 0 saturated carbocycles. The zero-order valence-corrected chi connectivity index (χ0v) is 12.3. The van der Waals surface area contributed by atoms with Crippen LogP contribution in [0.4, 0.5) is 0 Å².